The van der Waals surface area contributed by atoms with Crippen molar-refractivity contribution < 1.29 is 4.79 Å². The van der Waals surface area contributed by atoms with Gasteiger partial charge in [0.05, 0.1) is 5.56 Å². The smallest absolute Gasteiger partial charge is 0.155 e. The second-order valence-electron chi connectivity index (χ2n) is 3.23. The SMILES string of the molecule is Cc1ccccc1-c1n[nH]c(Cl)c1C=O. The van der Waals surface area contributed by atoms with Gasteiger partial charge in [-0.15, -0.1) is 0 Å². The Hall–Kier alpha value is -1.61. The van der Waals surface area contributed by atoms with Crippen LogP contribution in [0.2, 0.25) is 5.15 Å². The summed E-state index contributed by atoms with van der Waals surface area (Å²) in [5.74, 6) is 0. The molecule has 0 aliphatic heterocycles. The molecule has 3 nitrogen and oxygen atoms in total. The number of aromatic nitrogens is 2. The third-order valence-electron chi connectivity index (χ3n) is 2.28. The topological polar surface area (TPSA) is 45.8 Å². The maximum Gasteiger partial charge on any atom is 0.155 e. The number of nitrogens with zero attached hydrogens (tertiary/aromatic N) is 1. The van der Waals surface area contributed by atoms with E-state index in [0.717, 1.165) is 11.1 Å². The van der Waals surface area contributed by atoms with Gasteiger partial charge < -0.3 is 0 Å². The van der Waals surface area contributed by atoms with Crippen LogP contribution in [0.4, 0.5) is 0 Å². The standard InChI is InChI=1S/C11H9ClN2O/c1-7-4-2-3-5-8(7)10-9(6-15)11(12)14-13-10/h2-6H,1H3,(H,13,14). The number of aldehydes is 1. The third kappa shape index (κ3) is 1.66. The number of aromatic amines is 1. The fourth-order valence-electron chi connectivity index (χ4n) is 1.48. The minimum Gasteiger partial charge on any atom is -0.298 e. The van der Waals surface area contributed by atoms with E-state index in [0.29, 0.717) is 17.5 Å². The molecule has 0 saturated carbocycles. The molecular weight excluding hydrogens is 212 g/mol. The summed E-state index contributed by atoms with van der Waals surface area (Å²) in [5, 5.41) is 6.91. The van der Waals surface area contributed by atoms with Crippen LogP contribution in [0, 0.1) is 6.92 Å². The number of carbonyl (C=O) groups is 1. The number of halogens is 1. The lowest BCUT2D eigenvalue weighted by Gasteiger charge is -2.01. The van der Waals surface area contributed by atoms with Crippen LogP contribution in [0.25, 0.3) is 11.3 Å². The maximum absolute atomic E-state index is 10.8. The summed E-state index contributed by atoms with van der Waals surface area (Å²) >= 11 is 5.80. The molecule has 76 valence electrons. The molecule has 0 radical (unpaired) electrons. The number of H-pyrrole nitrogens is 1. The molecular formula is C11H9ClN2O. The van der Waals surface area contributed by atoms with Gasteiger partial charge in [-0.3, -0.25) is 9.89 Å². The molecule has 15 heavy (non-hydrogen) atoms. The molecule has 0 saturated heterocycles. The fraction of sp³-hybridized carbons (Fsp3) is 0.0909. The normalized spacial score (nSPS) is 10.3. The highest BCUT2D eigenvalue weighted by molar-refractivity contribution is 6.32. The van der Waals surface area contributed by atoms with Crippen molar-refractivity contribution in [1.82, 2.24) is 10.2 Å². The van der Waals surface area contributed by atoms with E-state index in [1.54, 1.807) is 0 Å². The molecule has 0 fully saturated rings. The minimum absolute atomic E-state index is 0.281. The van der Waals surface area contributed by atoms with Crippen LogP contribution in [0.3, 0.4) is 0 Å². The van der Waals surface area contributed by atoms with E-state index in [1.807, 2.05) is 31.2 Å². The average Bonchev–Trinajstić information content (AvgIpc) is 2.60. The number of hydrogen-bond donors (Lipinski definition) is 1. The van der Waals surface area contributed by atoms with Gasteiger partial charge >= 0.3 is 0 Å². The Kier molecular flexibility index (Phi) is 2.56. The summed E-state index contributed by atoms with van der Waals surface area (Å²) in [6, 6.07) is 7.72. The monoisotopic (exact) mass is 220 g/mol. The van der Waals surface area contributed by atoms with Crippen molar-refractivity contribution in [1.29, 1.82) is 0 Å². The predicted octanol–water partition coefficient (Wildman–Crippen LogP) is 2.85. The highest BCUT2D eigenvalue weighted by Crippen LogP contribution is 2.27. The van der Waals surface area contributed by atoms with Gasteiger partial charge in [0.25, 0.3) is 0 Å². The zero-order valence-electron chi connectivity index (χ0n) is 8.12. The van der Waals surface area contributed by atoms with Gasteiger partial charge in [0, 0.05) is 5.56 Å². The van der Waals surface area contributed by atoms with E-state index < -0.39 is 0 Å². The molecule has 0 unspecified atom stereocenters. The zero-order chi connectivity index (χ0) is 10.8. The van der Waals surface area contributed by atoms with Gasteiger partial charge in [-0.2, -0.15) is 5.10 Å². The molecule has 1 aromatic heterocycles. The van der Waals surface area contributed by atoms with Crippen molar-refractivity contribution in [3.63, 3.8) is 0 Å². The van der Waals surface area contributed by atoms with Crippen molar-refractivity contribution in [2.24, 2.45) is 0 Å². The first-order chi connectivity index (χ1) is 7.24. The quantitative estimate of drug-likeness (QED) is 0.791. The number of aryl methyl sites for hydroxylation is 1. The molecule has 1 aromatic carbocycles. The lowest BCUT2D eigenvalue weighted by molar-refractivity contribution is 0.112. The van der Waals surface area contributed by atoms with Crippen LogP contribution in [-0.2, 0) is 0 Å². The van der Waals surface area contributed by atoms with E-state index in [-0.39, 0.29) is 5.15 Å². The second-order valence-corrected chi connectivity index (χ2v) is 3.61. The van der Waals surface area contributed by atoms with Gasteiger partial charge in [-0.05, 0) is 12.5 Å². The summed E-state index contributed by atoms with van der Waals surface area (Å²) in [6.45, 7) is 1.96. The van der Waals surface area contributed by atoms with Crippen molar-refractivity contribution in [2.45, 2.75) is 6.92 Å². The lowest BCUT2D eigenvalue weighted by Crippen LogP contribution is -1.87. The molecule has 0 spiro atoms. The molecule has 2 rings (SSSR count). The Morgan fingerprint density at radius 3 is 2.80 bits per heavy atom. The Balaban J connectivity index is 2.64. The first-order valence-corrected chi connectivity index (χ1v) is 4.87. The second kappa shape index (κ2) is 3.87. The van der Waals surface area contributed by atoms with E-state index in [4.69, 9.17) is 11.6 Å². The lowest BCUT2D eigenvalue weighted by atomic mass is 10.0. The largest absolute Gasteiger partial charge is 0.298 e. The van der Waals surface area contributed by atoms with Crippen LogP contribution >= 0.6 is 11.6 Å². The molecule has 2 aromatic rings. The van der Waals surface area contributed by atoms with Crippen molar-refractivity contribution in [3.8, 4) is 11.3 Å². The third-order valence-corrected chi connectivity index (χ3v) is 2.56. The van der Waals surface area contributed by atoms with Crippen molar-refractivity contribution >= 4 is 17.9 Å². The molecule has 1 heterocycles. The van der Waals surface area contributed by atoms with E-state index in [2.05, 4.69) is 10.2 Å². The number of nitrogens with one attached hydrogen (secondary N) is 1. The molecule has 0 atom stereocenters. The number of carbonyl (C=O) groups excluding carboxylic acids is 1. The van der Waals surface area contributed by atoms with E-state index in [1.165, 1.54) is 0 Å². The Morgan fingerprint density at radius 1 is 1.40 bits per heavy atom. The maximum atomic E-state index is 10.8. The summed E-state index contributed by atoms with van der Waals surface area (Å²) < 4.78 is 0. The summed E-state index contributed by atoms with van der Waals surface area (Å²) in [4.78, 5) is 10.8. The van der Waals surface area contributed by atoms with Crippen LogP contribution in [-0.4, -0.2) is 16.5 Å². The van der Waals surface area contributed by atoms with Gasteiger partial charge in [-0.1, -0.05) is 35.9 Å². The molecule has 0 amide bonds. The fourth-order valence-corrected chi connectivity index (χ4v) is 1.66. The molecule has 0 bridgehead atoms. The zero-order valence-corrected chi connectivity index (χ0v) is 8.88. The van der Waals surface area contributed by atoms with Crippen molar-refractivity contribution in [3.05, 3.63) is 40.5 Å². The van der Waals surface area contributed by atoms with E-state index in [9.17, 15) is 4.79 Å². The number of hydrogen-bond acceptors (Lipinski definition) is 2. The predicted molar refractivity (Wildman–Crippen MR) is 59.2 cm³/mol. The Morgan fingerprint density at radius 2 is 2.13 bits per heavy atom. The van der Waals surface area contributed by atoms with Crippen molar-refractivity contribution in [2.75, 3.05) is 0 Å². The Bertz CT molecular complexity index is 505. The number of benzene rings is 1. The van der Waals surface area contributed by atoms with Gasteiger partial charge in [-0.25, -0.2) is 0 Å². The van der Waals surface area contributed by atoms with Crippen LogP contribution < -0.4 is 0 Å². The molecule has 0 aliphatic rings. The van der Waals surface area contributed by atoms with Gasteiger partial charge in [0.2, 0.25) is 0 Å². The van der Waals surface area contributed by atoms with Crippen LogP contribution in [0.1, 0.15) is 15.9 Å². The van der Waals surface area contributed by atoms with Crippen LogP contribution in [0.15, 0.2) is 24.3 Å². The summed E-state index contributed by atoms with van der Waals surface area (Å²) in [7, 11) is 0. The van der Waals surface area contributed by atoms with Gasteiger partial charge in [0.15, 0.2) is 6.29 Å². The molecule has 4 heteroatoms. The molecule has 0 aliphatic carbocycles. The summed E-state index contributed by atoms with van der Waals surface area (Å²) in [5.41, 5.74) is 2.99. The first-order valence-electron chi connectivity index (χ1n) is 4.49. The van der Waals surface area contributed by atoms with E-state index >= 15 is 0 Å². The minimum atomic E-state index is 0.281. The Labute approximate surface area is 92.1 Å². The van der Waals surface area contributed by atoms with Crippen LogP contribution in [0.5, 0.6) is 0 Å². The average molecular weight is 221 g/mol. The highest BCUT2D eigenvalue weighted by atomic mass is 35.5. The first kappa shape index (κ1) is 9.93. The number of rotatable bonds is 2. The van der Waals surface area contributed by atoms with Gasteiger partial charge in [0.1, 0.15) is 10.8 Å². The molecule has 1 N–H and O–H groups in total. The highest BCUT2D eigenvalue weighted by Gasteiger charge is 2.13. The summed E-state index contributed by atoms with van der Waals surface area (Å²) in [6.07, 6.45) is 0.716.